The number of benzene rings is 1. The van der Waals surface area contributed by atoms with Gasteiger partial charge in [0.2, 0.25) is 0 Å². The Balaban J connectivity index is 1.76. The third kappa shape index (κ3) is 8.35. The predicted octanol–water partition coefficient (Wildman–Crippen LogP) is 6.36. The number of esters is 1. The van der Waals surface area contributed by atoms with Gasteiger partial charge in [-0.25, -0.2) is 9.59 Å². The lowest BCUT2D eigenvalue weighted by atomic mass is 9.82. The van der Waals surface area contributed by atoms with Crippen LogP contribution in [0.15, 0.2) is 29.8 Å². The summed E-state index contributed by atoms with van der Waals surface area (Å²) in [4.78, 5) is 30.1. The van der Waals surface area contributed by atoms with E-state index in [9.17, 15) is 9.59 Å². The standard InChI is InChI=1S/C32H52N2O6Si/c1-12-37-29(35)28-26(17-24-18-34(19-27(28)33(24)9)30(36)40-31(3,4)5)23-13-15-25(16-14-23)38-20-22(2)21-39-41(10,11)32(6,7)8/h13-16,22,24,27H,12,17-21H2,1-11H3/t22-,24+,27+/m0/s1. The molecule has 41 heavy (non-hydrogen) atoms. The van der Waals surface area contributed by atoms with Crippen LogP contribution in [0.5, 0.6) is 5.75 Å². The smallest absolute Gasteiger partial charge is 0.410 e. The summed E-state index contributed by atoms with van der Waals surface area (Å²) in [5.74, 6) is 0.721. The SMILES string of the molecule is CCOC(=O)C1=C(c2ccc(OC[C@H](C)CO[Si](C)(C)C(C)(C)C)cc2)C[C@@H]2CN(C(=O)OC(C)(C)C)C[C@H]1N2C. The Morgan fingerprint density at radius 1 is 1.02 bits per heavy atom. The highest BCUT2D eigenvalue weighted by Crippen LogP contribution is 2.39. The summed E-state index contributed by atoms with van der Waals surface area (Å²) in [7, 11) is 0.227. The molecule has 2 heterocycles. The van der Waals surface area contributed by atoms with Gasteiger partial charge in [0.25, 0.3) is 0 Å². The molecule has 0 saturated carbocycles. The second kappa shape index (κ2) is 12.9. The van der Waals surface area contributed by atoms with Crippen molar-refractivity contribution in [2.45, 2.75) is 97.6 Å². The minimum absolute atomic E-state index is 0.0621. The predicted molar refractivity (Wildman–Crippen MR) is 166 cm³/mol. The van der Waals surface area contributed by atoms with Gasteiger partial charge < -0.3 is 23.5 Å². The number of ether oxygens (including phenoxy) is 3. The van der Waals surface area contributed by atoms with Gasteiger partial charge in [0, 0.05) is 31.7 Å². The van der Waals surface area contributed by atoms with Crippen molar-refractivity contribution in [1.82, 2.24) is 9.80 Å². The fourth-order valence-corrected chi connectivity index (χ4v) is 6.06. The number of nitrogens with zero attached hydrogens (tertiary/aromatic N) is 2. The molecule has 1 fully saturated rings. The lowest BCUT2D eigenvalue weighted by molar-refractivity contribution is -0.140. The first-order chi connectivity index (χ1) is 18.9. The molecule has 0 radical (unpaired) electrons. The van der Waals surface area contributed by atoms with Crippen LogP contribution in [0, 0.1) is 5.92 Å². The first-order valence-corrected chi connectivity index (χ1v) is 17.8. The summed E-state index contributed by atoms with van der Waals surface area (Å²) in [5, 5.41) is 0.181. The van der Waals surface area contributed by atoms with Crippen LogP contribution in [0.1, 0.15) is 67.4 Å². The zero-order valence-electron chi connectivity index (χ0n) is 27.1. The maximum atomic E-state index is 13.3. The number of hydrogen-bond donors (Lipinski definition) is 0. The van der Waals surface area contributed by atoms with Crippen LogP contribution in [0.3, 0.4) is 0 Å². The third-order valence-electron chi connectivity index (χ3n) is 8.41. The monoisotopic (exact) mass is 588 g/mol. The molecule has 0 unspecified atom stereocenters. The number of piperazine rings is 1. The second-order valence-electron chi connectivity index (χ2n) is 14.0. The van der Waals surface area contributed by atoms with Gasteiger partial charge in [-0.15, -0.1) is 0 Å². The fraction of sp³-hybridized carbons (Fsp3) is 0.688. The van der Waals surface area contributed by atoms with Gasteiger partial charge in [-0.2, -0.15) is 0 Å². The summed E-state index contributed by atoms with van der Waals surface area (Å²) in [5.41, 5.74) is 1.98. The van der Waals surface area contributed by atoms with Crippen LogP contribution in [0.25, 0.3) is 5.57 Å². The van der Waals surface area contributed by atoms with Crippen molar-refractivity contribution < 1.29 is 28.2 Å². The molecule has 1 saturated heterocycles. The molecule has 0 N–H and O–H groups in total. The van der Waals surface area contributed by atoms with Gasteiger partial charge in [-0.1, -0.05) is 39.8 Å². The Labute approximate surface area is 248 Å². The molecule has 1 aromatic rings. The minimum Gasteiger partial charge on any atom is -0.493 e. The Bertz CT molecular complexity index is 1100. The Hall–Kier alpha value is -2.36. The van der Waals surface area contributed by atoms with Crippen molar-refractivity contribution in [3.05, 3.63) is 35.4 Å². The van der Waals surface area contributed by atoms with Crippen molar-refractivity contribution in [3.63, 3.8) is 0 Å². The molecule has 0 spiro atoms. The lowest BCUT2D eigenvalue weighted by Crippen LogP contribution is -2.62. The van der Waals surface area contributed by atoms with Crippen LogP contribution in [-0.2, 0) is 18.7 Å². The number of likely N-dealkylation sites (N-methyl/N-ethyl adjacent to an activating group) is 1. The molecule has 3 rings (SSSR count). The summed E-state index contributed by atoms with van der Waals surface area (Å²) < 4.78 is 23.6. The highest BCUT2D eigenvalue weighted by Gasteiger charge is 2.45. The van der Waals surface area contributed by atoms with E-state index in [0.717, 1.165) is 16.9 Å². The Morgan fingerprint density at radius 3 is 2.22 bits per heavy atom. The topological polar surface area (TPSA) is 77.5 Å². The molecule has 9 heteroatoms. The zero-order chi connectivity index (χ0) is 30.8. The van der Waals surface area contributed by atoms with Crippen molar-refractivity contribution in [1.29, 1.82) is 0 Å². The van der Waals surface area contributed by atoms with Gasteiger partial charge in [0.1, 0.15) is 11.4 Å². The van der Waals surface area contributed by atoms with Crippen LogP contribution in [0.2, 0.25) is 18.1 Å². The quantitative estimate of drug-likeness (QED) is 0.245. The van der Waals surface area contributed by atoms with Crippen molar-refractivity contribution in [2.24, 2.45) is 5.92 Å². The van der Waals surface area contributed by atoms with E-state index in [1.165, 1.54) is 0 Å². The number of fused-ring (bicyclic) bond motifs is 2. The van der Waals surface area contributed by atoms with Crippen molar-refractivity contribution in [2.75, 3.05) is 40.0 Å². The molecule has 0 aliphatic carbocycles. The van der Waals surface area contributed by atoms with Gasteiger partial charge >= 0.3 is 12.1 Å². The molecule has 2 aliphatic rings. The van der Waals surface area contributed by atoms with Gasteiger partial charge in [0.15, 0.2) is 8.32 Å². The van der Waals surface area contributed by atoms with E-state index in [1.54, 1.807) is 4.90 Å². The van der Waals surface area contributed by atoms with Gasteiger partial charge in [-0.05, 0) is 82.6 Å². The number of carbonyl (C=O) groups excluding carboxylic acids is 2. The number of carbonyl (C=O) groups is 2. The van der Waals surface area contributed by atoms with E-state index < -0.39 is 13.9 Å². The maximum absolute atomic E-state index is 13.3. The highest BCUT2D eigenvalue weighted by atomic mass is 28.4. The zero-order valence-corrected chi connectivity index (χ0v) is 28.1. The van der Waals surface area contributed by atoms with E-state index in [4.69, 9.17) is 18.6 Å². The van der Waals surface area contributed by atoms with E-state index in [1.807, 2.05) is 59.0 Å². The molecule has 3 atom stereocenters. The normalized spacial score (nSPS) is 21.0. The first kappa shape index (κ1) is 33.1. The number of hydrogen-bond acceptors (Lipinski definition) is 7. The van der Waals surface area contributed by atoms with Gasteiger partial charge in [0.05, 0.1) is 24.8 Å². The molecule has 0 aromatic heterocycles. The minimum atomic E-state index is -1.79. The van der Waals surface area contributed by atoms with Crippen LogP contribution < -0.4 is 4.74 Å². The summed E-state index contributed by atoms with van der Waals surface area (Å²) >= 11 is 0. The molecule has 230 valence electrons. The molecule has 1 amide bonds. The maximum Gasteiger partial charge on any atom is 0.410 e. The molecule has 2 bridgehead atoms. The Kier molecular flexibility index (Phi) is 10.4. The number of rotatable bonds is 9. The van der Waals surface area contributed by atoms with Crippen molar-refractivity contribution in [3.8, 4) is 5.75 Å². The van der Waals surface area contributed by atoms with Gasteiger partial charge in [-0.3, -0.25) is 4.90 Å². The lowest BCUT2D eigenvalue weighted by Gasteiger charge is -2.49. The molecular weight excluding hydrogens is 536 g/mol. The van der Waals surface area contributed by atoms with Crippen LogP contribution in [0.4, 0.5) is 4.79 Å². The fourth-order valence-electron chi connectivity index (χ4n) is 4.92. The molecule has 2 aliphatic heterocycles. The van der Waals surface area contributed by atoms with E-state index in [2.05, 4.69) is 45.7 Å². The van der Waals surface area contributed by atoms with E-state index >= 15 is 0 Å². The average Bonchev–Trinajstić information content (AvgIpc) is 2.85. The summed E-state index contributed by atoms with van der Waals surface area (Å²) in [6.07, 6.45) is 0.278. The largest absolute Gasteiger partial charge is 0.493 e. The van der Waals surface area contributed by atoms with Crippen LogP contribution >= 0.6 is 0 Å². The van der Waals surface area contributed by atoms with E-state index in [0.29, 0.717) is 38.3 Å². The Morgan fingerprint density at radius 2 is 1.66 bits per heavy atom. The third-order valence-corrected chi connectivity index (χ3v) is 12.9. The van der Waals surface area contributed by atoms with E-state index in [-0.39, 0.29) is 41.7 Å². The second-order valence-corrected chi connectivity index (χ2v) is 18.9. The van der Waals surface area contributed by atoms with Crippen molar-refractivity contribution >= 4 is 26.0 Å². The highest BCUT2D eigenvalue weighted by molar-refractivity contribution is 6.74. The number of amides is 1. The average molecular weight is 589 g/mol. The molecular formula is C32H52N2O6Si. The first-order valence-electron chi connectivity index (χ1n) is 14.9. The van der Waals surface area contributed by atoms with Crippen LogP contribution in [-0.4, -0.2) is 87.8 Å². The summed E-state index contributed by atoms with van der Waals surface area (Å²) in [6.45, 7) is 23.3. The summed E-state index contributed by atoms with van der Waals surface area (Å²) in [6, 6.07) is 7.76. The molecule has 8 nitrogen and oxygen atoms in total. The molecule has 1 aromatic carbocycles.